The third-order valence-corrected chi connectivity index (χ3v) is 9.67. The molecule has 5 aromatic rings. The number of nitrogens with one attached hydrogen (secondary N) is 1. The van der Waals surface area contributed by atoms with Crippen molar-refractivity contribution >= 4 is 41.6 Å². The third kappa shape index (κ3) is 6.23. The SMILES string of the molecule is Cc1cccc2nc(C(C)Nc3ncnc4c3ncn4COCC[Si](C)(C)C)n(-c3cccc(N4CCOCC4)c3)c(=O)c12. The number of aromatic nitrogens is 6. The monoisotopic (exact) mass is 612 g/mol. The van der Waals surface area contributed by atoms with Gasteiger partial charge >= 0.3 is 0 Å². The van der Waals surface area contributed by atoms with Crippen molar-refractivity contribution in [2.45, 2.75) is 52.3 Å². The molecule has 1 fully saturated rings. The second-order valence-corrected chi connectivity index (χ2v) is 18.1. The van der Waals surface area contributed by atoms with Gasteiger partial charge in [-0.3, -0.25) is 13.9 Å². The lowest BCUT2D eigenvalue weighted by Gasteiger charge is -2.29. The maximum absolute atomic E-state index is 14.2. The second kappa shape index (κ2) is 12.5. The fourth-order valence-corrected chi connectivity index (χ4v) is 6.25. The normalized spacial score (nSPS) is 14.8. The van der Waals surface area contributed by atoms with E-state index in [1.165, 1.54) is 6.33 Å². The predicted molar refractivity (Wildman–Crippen MR) is 177 cm³/mol. The average molecular weight is 613 g/mol. The van der Waals surface area contributed by atoms with Gasteiger partial charge in [0.25, 0.3) is 5.56 Å². The molecular formula is C32H40N8O3Si. The second-order valence-electron chi connectivity index (χ2n) is 12.5. The van der Waals surface area contributed by atoms with Gasteiger partial charge in [0.15, 0.2) is 17.0 Å². The van der Waals surface area contributed by atoms with Crippen molar-refractivity contribution in [3.63, 3.8) is 0 Å². The van der Waals surface area contributed by atoms with Crippen molar-refractivity contribution in [3.8, 4) is 5.69 Å². The molecule has 230 valence electrons. The minimum absolute atomic E-state index is 0.108. The van der Waals surface area contributed by atoms with Crippen molar-refractivity contribution < 1.29 is 9.47 Å². The van der Waals surface area contributed by atoms with Gasteiger partial charge in [0.2, 0.25) is 0 Å². The van der Waals surface area contributed by atoms with E-state index in [4.69, 9.17) is 14.5 Å². The van der Waals surface area contributed by atoms with E-state index >= 15 is 0 Å². The molecule has 0 bridgehead atoms. The van der Waals surface area contributed by atoms with Crippen molar-refractivity contribution in [1.82, 2.24) is 29.1 Å². The van der Waals surface area contributed by atoms with Crippen LogP contribution in [0.3, 0.4) is 0 Å². The van der Waals surface area contributed by atoms with Crippen LogP contribution >= 0.6 is 0 Å². The summed E-state index contributed by atoms with van der Waals surface area (Å²) in [5.74, 6) is 1.14. The summed E-state index contributed by atoms with van der Waals surface area (Å²) >= 11 is 0. The van der Waals surface area contributed by atoms with Crippen molar-refractivity contribution in [2.24, 2.45) is 0 Å². The highest BCUT2D eigenvalue weighted by Crippen LogP contribution is 2.27. The van der Waals surface area contributed by atoms with Crippen LogP contribution in [-0.2, 0) is 16.2 Å². The molecule has 1 aliphatic heterocycles. The van der Waals surface area contributed by atoms with E-state index in [1.807, 2.05) is 48.7 Å². The summed E-state index contributed by atoms with van der Waals surface area (Å²) in [6, 6.07) is 14.5. The zero-order valence-electron chi connectivity index (χ0n) is 26.1. The molecule has 4 heterocycles. The number of aryl methyl sites for hydroxylation is 1. The number of hydrogen-bond acceptors (Lipinski definition) is 9. The quantitative estimate of drug-likeness (QED) is 0.169. The molecule has 0 amide bonds. The molecule has 3 aromatic heterocycles. The van der Waals surface area contributed by atoms with Gasteiger partial charge in [0.1, 0.15) is 18.9 Å². The Morgan fingerprint density at radius 3 is 2.61 bits per heavy atom. The summed E-state index contributed by atoms with van der Waals surface area (Å²) in [5, 5.41) is 4.09. The first kappa shape index (κ1) is 29.9. The number of anilines is 2. The van der Waals surface area contributed by atoms with E-state index in [9.17, 15) is 4.79 Å². The molecule has 12 heteroatoms. The molecule has 0 spiro atoms. The molecule has 1 atom stereocenters. The minimum Gasteiger partial charge on any atom is -0.378 e. The third-order valence-electron chi connectivity index (χ3n) is 7.96. The molecule has 44 heavy (non-hydrogen) atoms. The van der Waals surface area contributed by atoms with Crippen LogP contribution in [0, 0.1) is 6.92 Å². The van der Waals surface area contributed by atoms with Crippen LogP contribution in [0.5, 0.6) is 0 Å². The molecule has 0 saturated carbocycles. The molecule has 1 saturated heterocycles. The Morgan fingerprint density at radius 1 is 1.05 bits per heavy atom. The zero-order valence-corrected chi connectivity index (χ0v) is 27.1. The Kier molecular flexibility index (Phi) is 8.48. The van der Waals surface area contributed by atoms with Crippen LogP contribution < -0.4 is 15.8 Å². The first-order valence-electron chi connectivity index (χ1n) is 15.2. The molecule has 2 aromatic carbocycles. The molecule has 0 aliphatic carbocycles. The number of benzene rings is 2. The highest BCUT2D eigenvalue weighted by atomic mass is 28.3. The molecule has 0 radical (unpaired) electrons. The van der Waals surface area contributed by atoms with Gasteiger partial charge in [-0.15, -0.1) is 0 Å². The molecule has 1 N–H and O–H groups in total. The standard InChI is InChI=1S/C32H40N8O3Si/c1-22-8-6-11-26-27(22)32(41)40(25-10-7-9-24(18-25)38-12-14-42-15-13-38)30(37-26)23(2)36-29-28-31(34-19-33-29)39(20-35-28)21-43-16-17-44(3,4)5/h6-11,18-20,23H,12-17,21H2,1-5H3,(H,33,34,36). The Morgan fingerprint density at radius 2 is 1.82 bits per heavy atom. The number of fused-ring (bicyclic) bond motifs is 2. The van der Waals surface area contributed by atoms with E-state index in [1.54, 1.807) is 10.9 Å². The lowest BCUT2D eigenvalue weighted by molar-refractivity contribution is 0.0895. The number of imidazole rings is 1. The zero-order chi connectivity index (χ0) is 30.8. The Hall–Kier alpha value is -4.13. The van der Waals surface area contributed by atoms with Crippen LogP contribution in [0.1, 0.15) is 24.4 Å². The summed E-state index contributed by atoms with van der Waals surface area (Å²) in [6.07, 6.45) is 3.25. The van der Waals surface area contributed by atoms with Gasteiger partial charge in [-0.1, -0.05) is 37.8 Å². The molecule has 6 rings (SSSR count). The van der Waals surface area contributed by atoms with E-state index in [-0.39, 0.29) is 5.56 Å². The van der Waals surface area contributed by atoms with Crippen LogP contribution in [0.25, 0.3) is 27.8 Å². The largest absolute Gasteiger partial charge is 0.378 e. The van der Waals surface area contributed by atoms with Gasteiger partial charge in [-0.25, -0.2) is 19.9 Å². The van der Waals surface area contributed by atoms with E-state index in [2.05, 4.69) is 56.9 Å². The van der Waals surface area contributed by atoms with Crippen LogP contribution in [0.2, 0.25) is 25.7 Å². The maximum atomic E-state index is 14.2. The summed E-state index contributed by atoms with van der Waals surface area (Å²) in [7, 11) is -1.18. The van der Waals surface area contributed by atoms with Crippen LogP contribution in [-0.4, -0.2) is 70.1 Å². The summed E-state index contributed by atoms with van der Waals surface area (Å²) in [5.41, 5.74) is 4.56. The number of morpholine rings is 1. The number of ether oxygens (including phenoxy) is 2. The van der Waals surface area contributed by atoms with E-state index < -0.39 is 14.1 Å². The summed E-state index contributed by atoms with van der Waals surface area (Å²) in [4.78, 5) is 35.2. The fourth-order valence-electron chi connectivity index (χ4n) is 5.49. The summed E-state index contributed by atoms with van der Waals surface area (Å²) in [6.45, 7) is 15.0. The van der Waals surface area contributed by atoms with E-state index in [0.29, 0.717) is 60.3 Å². The lowest BCUT2D eigenvalue weighted by atomic mass is 10.1. The Labute approximate surface area is 257 Å². The molecule has 1 unspecified atom stereocenters. The maximum Gasteiger partial charge on any atom is 0.266 e. The van der Waals surface area contributed by atoms with Gasteiger partial charge in [0.05, 0.1) is 42.2 Å². The minimum atomic E-state index is -1.18. The topological polar surface area (TPSA) is 112 Å². The van der Waals surface area contributed by atoms with Gasteiger partial charge < -0.3 is 19.7 Å². The smallest absolute Gasteiger partial charge is 0.266 e. The average Bonchev–Trinajstić information content (AvgIpc) is 3.43. The number of hydrogen-bond donors (Lipinski definition) is 1. The number of rotatable bonds is 10. The molecule has 11 nitrogen and oxygen atoms in total. The predicted octanol–water partition coefficient (Wildman–Crippen LogP) is 5.16. The lowest BCUT2D eigenvalue weighted by Crippen LogP contribution is -2.36. The van der Waals surface area contributed by atoms with Gasteiger partial charge in [-0.05, 0) is 49.7 Å². The fraction of sp³-hybridized carbons (Fsp3) is 0.406. The molecule has 1 aliphatic rings. The van der Waals surface area contributed by atoms with E-state index in [0.717, 1.165) is 36.1 Å². The van der Waals surface area contributed by atoms with Crippen molar-refractivity contribution in [2.75, 3.05) is 43.1 Å². The van der Waals surface area contributed by atoms with Crippen LogP contribution in [0.15, 0.2) is 59.9 Å². The molecular weight excluding hydrogens is 572 g/mol. The first-order valence-corrected chi connectivity index (χ1v) is 18.9. The van der Waals surface area contributed by atoms with Crippen molar-refractivity contribution in [1.29, 1.82) is 0 Å². The van der Waals surface area contributed by atoms with Crippen LogP contribution in [0.4, 0.5) is 11.5 Å². The highest BCUT2D eigenvalue weighted by Gasteiger charge is 2.22. The number of nitrogens with zero attached hydrogens (tertiary/aromatic N) is 7. The highest BCUT2D eigenvalue weighted by molar-refractivity contribution is 6.76. The first-order chi connectivity index (χ1) is 21.2. The Balaban J connectivity index is 1.36. The van der Waals surface area contributed by atoms with Gasteiger partial charge in [-0.2, -0.15) is 0 Å². The Bertz CT molecular complexity index is 1840. The van der Waals surface area contributed by atoms with Crippen molar-refractivity contribution in [3.05, 3.63) is 76.9 Å². The summed E-state index contributed by atoms with van der Waals surface area (Å²) < 4.78 is 15.1. The van der Waals surface area contributed by atoms with Gasteiger partial charge in [0, 0.05) is 33.5 Å².